The Labute approximate surface area is 232 Å². The van der Waals surface area contributed by atoms with Gasteiger partial charge in [-0.25, -0.2) is 0 Å². The lowest BCUT2D eigenvalue weighted by Gasteiger charge is -2.52. The van der Waals surface area contributed by atoms with Crippen molar-refractivity contribution in [2.75, 3.05) is 19.6 Å². The van der Waals surface area contributed by atoms with E-state index in [-0.39, 0.29) is 17.7 Å². The molecule has 7 heteroatoms. The van der Waals surface area contributed by atoms with Crippen molar-refractivity contribution >= 4 is 11.8 Å². The molecule has 2 heterocycles. The minimum absolute atomic E-state index is 0.0820. The van der Waals surface area contributed by atoms with Gasteiger partial charge in [-0.05, 0) is 67.9 Å². The van der Waals surface area contributed by atoms with Crippen LogP contribution in [0.25, 0.3) is 0 Å². The first-order valence-electron chi connectivity index (χ1n) is 14.8. The standard InChI is InChI=1S/C32H43N3O4/c1-2-3-19-35-30(37)28(29(36)25-12-6-4-7-13-25)33-31(38)32(35)17-20-34(21-18-32)23-24-11-10-16-27(22-24)39-26-14-8-5-9-15-26/h5,8-11,14-16,22,25,28-29,36H,2-4,6-7,12-13,17-21,23H2,1H3,(H,33,38)/t28-,29-/m1/s1. The number of unbranched alkanes of at least 4 members (excludes halogenated alkanes) is 1. The molecule has 2 amide bonds. The number of carbonyl (C=O) groups is 2. The van der Waals surface area contributed by atoms with Gasteiger partial charge in [0.25, 0.3) is 0 Å². The predicted molar refractivity (Wildman–Crippen MR) is 151 cm³/mol. The van der Waals surface area contributed by atoms with Gasteiger partial charge in [-0.15, -0.1) is 0 Å². The number of ether oxygens (including phenoxy) is 1. The number of rotatable bonds is 9. The van der Waals surface area contributed by atoms with Crippen LogP contribution in [0.4, 0.5) is 0 Å². The minimum Gasteiger partial charge on any atom is -0.457 e. The topological polar surface area (TPSA) is 82.1 Å². The number of carbonyl (C=O) groups excluding carboxylic acids is 2. The normalized spacial score (nSPS) is 23.0. The van der Waals surface area contributed by atoms with E-state index in [1.54, 1.807) is 0 Å². The van der Waals surface area contributed by atoms with Crippen molar-refractivity contribution < 1.29 is 19.4 Å². The highest BCUT2D eigenvalue weighted by Gasteiger charge is 2.55. The smallest absolute Gasteiger partial charge is 0.248 e. The Bertz CT molecular complexity index is 1110. The van der Waals surface area contributed by atoms with E-state index >= 15 is 0 Å². The Hall–Kier alpha value is -2.90. The summed E-state index contributed by atoms with van der Waals surface area (Å²) in [5.74, 6) is 1.51. The third-order valence-electron chi connectivity index (χ3n) is 8.93. The van der Waals surface area contributed by atoms with Gasteiger partial charge in [0.15, 0.2) is 0 Å². The first-order chi connectivity index (χ1) is 19.0. The summed E-state index contributed by atoms with van der Waals surface area (Å²) < 4.78 is 6.01. The number of aliphatic hydroxyl groups is 1. The molecule has 2 aliphatic heterocycles. The molecule has 0 aromatic heterocycles. The van der Waals surface area contributed by atoms with Gasteiger partial charge in [-0.2, -0.15) is 0 Å². The second-order valence-corrected chi connectivity index (χ2v) is 11.6. The number of piperazine rings is 1. The SMILES string of the molecule is CCCCN1C(=O)[C@@H]([C@H](O)C2CCCCC2)NC(=O)C12CCN(Cc1cccc(Oc3ccccc3)c1)CC2. The summed E-state index contributed by atoms with van der Waals surface area (Å²) in [4.78, 5) is 31.7. The average molecular weight is 534 g/mol. The van der Waals surface area contributed by atoms with E-state index in [0.29, 0.717) is 19.4 Å². The molecule has 1 aliphatic carbocycles. The van der Waals surface area contributed by atoms with Crippen LogP contribution in [0.3, 0.4) is 0 Å². The molecule has 2 atom stereocenters. The lowest BCUT2D eigenvalue weighted by atomic mass is 9.78. The molecule has 2 N–H and O–H groups in total. The van der Waals surface area contributed by atoms with E-state index in [0.717, 1.165) is 75.2 Å². The van der Waals surface area contributed by atoms with Crippen molar-refractivity contribution in [3.8, 4) is 11.5 Å². The van der Waals surface area contributed by atoms with Crippen LogP contribution >= 0.6 is 0 Å². The zero-order valence-electron chi connectivity index (χ0n) is 23.2. The number of hydrogen-bond donors (Lipinski definition) is 2. The van der Waals surface area contributed by atoms with Crippen molar-refractivity contribution in [3.05, 3.63) is 60.2 Å². The maximum Gasteiger partial charge on any atom is 0.248 e. The van der Waals surface area contributed by atoms with Crippen LogP contribution in [0.15, 0.2) is 54.6 Å². The average Bonchev–Trinajstić information content (AvgIpc) is 2.97. The molecule has 2 aromatic carbocycles. The lowest BCUT2D eigenvalue weighted by Crippen LogP contribution is -2.75. The molecule has 7 nitrogen and oxygen atoms in total. The van der Waals surface area contributed by atoms with E-state index in [4.69, 9.17) is 4.74 Å². The largest absolute Gasteiger partial charge is 0.457 e. The van der Waals surface area contributed by atoms with Gasteiger partial charge in [-0.3, -0.25) is 14.5 Å². The third-order valence-corrected chi connectivity index (χ3v) is 8.93. The fourth-order valence-corrected chi connectivity index (χ4v) is 6.63. The summed E-state index contributed by atoms with van der Waals surface area (Å²) >= 11 is 0. The van der Waals surface area contributed by atoms with Crippen LogP contribution in [-0.4, -0.2) is 64.0 Å². The van der Waals surface area contributed by atoms with Gasteiger partial charge in [0.05, 0.1) is 6.10 Å². The number of amides is 2. The Morgan fingerprint density at radius 3 is 2.44 bits per heavy atom. The number of nitrogens with one attached hydrogen (secondary N) is 1. The van der Waals surface area contributed by atoms with Crippen molar-refractivity contribution in [3.63, 3.8) is 0 Å². The van der Waals surface area contributed by atoms with Crippen molar-refractivity contribution in [1.82, 2.24) is 15.1 Å². The van der Waals surface area contributed by atoms with E-state index in [1.807, 2.05) is 47.4 Å². The fraction of sp³-hybridized carbons (Fsp3) is 0.562. The highest BCUT2D eigenvalue weighted by atomic mass is 16.5. The molecule has 2 saturated heterocycles. The van der Waals surface area contributed by atoms with E-state index in [2.05, 4.69) is 29.3 Å². The molecule has 5 rings (SSSR count). The van der Waals surface area contributed by atoms with Gasteiger partial charge in [0, 0.05) is 26.2 Å². The Balaban J connectivity index is 1.25. The summed E-state index contributed by atoms with van der Waals surface area (Å²) in [7, 11) is 0. The maximum atomic E-state index is 13.8. The lowest BCUT2D eigenvalue weighted by molar-refractivity contribution is -0.166. The van der Waals surface area contributed by atoms with Crippen LogP contribution in [0.5, 0.6) is 11.5 Å². The first-order valence-corrected chi connectivity index (χ1v) is 14.8. The Kier molecular flexibility index (Phi) is 8.88. The molecule has 1 saturated carbocycles. The molecule has 0 unspecified atom stereocenters. The van der Waals surface area contributed by atoms with Crippen LogP contribution < -0.4 is 10.1 Å². The van der Waals surface area contributed by atoms with Crippen LogP contribution in [0.1, 0.15) is 70.3 Å². The van der Waals surface area contributed by atoms with Crippen molar-refractivity contribution in [2.45, 2.75) is 88.9 Å². The van der Waals surface area contributed by atoms with Crippen molar-refractivity contribution in [1.29, 1.82) is 0 Å². The Morgan fingerprint density at radius 2 is 1.72 bits per heavy atom. The van der Waals surface area contributed by atoms with E-state index in [1.165, 1.54) is 6.42 Å². The molecular formula is C32H43N3O4. The molecule has 0 bridgehead atoms. The second-order valence-electron chi connectivity index (χ2n) is 11.6. The molecule has 3 fully saturated rings. The molecule has 1 spiro atoms. The molecule has 3 aliphatic rings. The fourth-order valence-electron chi connectivity index (χ4n) is 6.63. The summed E-state index contributed by atoms with van der Waals surface area (Å²) in [5.41, 5.74) is 0.325. The number of hydrogen-bond acceptors (Lipinski definition) is 5. The van der Waals surface area contributed by atoms with Gasteiger partial charge >= 0.3 is 0 Å². The molecule has 210 valence electrons. The van der Waals surface area contributed by atoms with Gasteiger partial charge < -0.3 is 20.1 Å². The van der Waals surface area contributed by atoms with Crippen molar-refractivity contribution in [2.24, 2.45) is 5.92 Å². The zero-order valence-corrected chi connectivity index (χ0v) is 23.2. The van der Waals surface area contributed by atoms with Crippen LogP contribution in [0, 0.1) is 5.92 Å². The third kappa shape index (κ3) is 6.15. The number of benzene rings is 2. The number of piperidine rings is 1. The summed E-state index contributed by atoms with van der Waals surface area (Å²) in [5, 5.41) is 14.2. The predicted octanol–water partition coefficient (Wildman–Crippen LogP) is 4.88. The molecular weight excluding hydrogens is 490 g/mol. The minimum atomic E-state index is -0.830. The monoisotopic (exact) mass is 533 g/mol. The number of aliphatic hydroxyl groups excluding tert-OH is 1. The number of likely N-dealkylation sites (tertiary alicyclic amines) is 1. The quantitative estimate of drug-likeness (QED) is 0.480. The van der Waals surface area contributed by atoms with Gasteiger partial charge in [0.2, 0.25) is 11.8 Å². The summed E-state index contributed by atoms with van der Waals surface area (Å²) in [6.45, 7) is 4.88. The first kappa shape index (κ1) is 27.7. The van der Waals surface area contributed by atoms with Gasteiger partial charge in [-0.1, -0.05) is 62.9 Å². The zero-order chi connectivity index (χ0) is 27.2. The van der Waals surface area contributed by atoms with Crippen LogP contribution in [-0.2, 0) is 16.1 Å². The van der Waals surface area contributed by atoms with E-state index in [9.17, 15) is 14.7 Å². The Morgan fingerprint density at radius 1 is 1.00 bits per heavy atom. The van der Waals surface area contributed by atoms with E-state index < -0.39 is 17.7 Å². The van der Waals surface area contributed by atoms with Gasteiger partial charge in [0.1, 0.15) is 23.1 Å². The maximum absolute atomic E-state index is 13.8. The molecule has 39 heavy (non-hydrogen) atoms. The van der Waals surface area contributed by atoms with Crippen LogP contribution in [0.2, 0.25) is 0 Å². The number of para-hydroxylation sites is 1. The molecule has 0 radical (unpaired) electrons. The highest BCUT2D eigenvalue weighted by Crippen LogP contribution is 2.36. The summed E-state index contributed by atoms with van der Waals surface area (Å²) in [6, 6.07) is 17.1. The number of nitrogens with zero attached hydrogens (tertiary/aromatic N) is 2. The summed E-state index contributed by atoms with van der Waals surface area (Å²) in [6.07, 6.45) is 7.38. The molecule has 2 aromatic rings. The highest BCUT2D eigenvalue weighted by molar-refractivity contribution is 6.00. The second kappa shape index (κ2) is 12.5.